The van der Waals surface area contributed by atoms with Gasteiger partial charge in [-0.2, -0.15) is 0 Å². The number of hydrogen-bond donors (Lipinski definition) is 0. The Hall–Kier alpha value is -1.59. The first kappa shape index (κ1) is 55.4. The van der Waals surface area contributed by atoms with Crippen LogP contribution in [0.3, 0.4) is 0 Å². The van der Waals surface area contributed by atoms with Crippen LogP contribution in [0.5, 0.6) is 0 Å². The van der Waals surface area contributed by atoms with Crippen molar-refractivity contribution < 1.29 is 28.6 Å². The topological polar surface area (TPSA) is 78.9 Å². The Kier molecular flexibility index (Phi) is 42.7. The first-order valence-corrected chi connectivity index (χ1v) is 25.2. The van der Waals surface area contributed by atoms with Gasteiger partial charge in [-0.25, -0.2) is 0 Å². The molecule has 57 heavy (non-hydrogen) atoms. The second-order valence-corrected chi connectivity index (χ2v) is 18.4. The van der Waals surface area contributed by atoms with Gasteiger partial charge in [0.15, 0.2) is 6.10 Å². The first-order valence-electron chi connectivity index (χ1n) is 25.2. The minimum absolute atomic E-state index is 0.0645. The average Bonchev–Trinajstić information content (AvgIpc) is 3.18. The zero-order valence-electron chi connectivity index (χ0n) is 39.0. The second-order valence-electron chi connectivity index (χ2n) is 18.4. The van der Waals surface area contributed by atoms with Crippen molar-refractivity contribution in [1.29, 1.82) is 0 Å². The highest BCUT2D eigenvalue weighted by molar-refractivity contribution is 5.71. The van der Waals surface area contributed by atoms with Crippen LogP contribution in [-0.4, -0.2) is 37.2 Å². The van der Waals surface area contributed by atoms with Crippen molar-refractivity contribution in [2.45, 2.75) is 285 Å². The van der Waals surface area contributed by atoms with Crippen LogP contribution in [0.2, 0.25) is 0 Å². The van der Waals surface area contributed by atoms with E-state index in [2.05, 4.69) is 34.6 Å². The lowest BCUT2D eigenvalue weighted by molar-refractivity contribution is -0.167. The van der Waals surface area contributed by atoms with Crippen LogP contribution in [0.1, 0.15) is 279 Å². The van der Waals surface area contributed by atoms with Crippen LogP contribution in [0.15, 0.2) is 0 Å². The maximum absolute atomic E-state index is 12.8. The summed E-state index contributed by atoms with van der Waals surface area (Å²) in [5.41, 5.74) is 0. The summed E-state index contributed by atoms with van der Waals surface area (Å²) in [4.78, 5) is 37.8. The monoisotopic (exact) mass is 807 g/mol. The van der Waals surface area contributed by atoms with Gasteiger partial charge in [-0.1, -0.05) is 240 Å². The highest BCUT2D eigenvalue weighted by Crippen LogP contribution is 2.17. The third-order valence-corrected chi connectivity index (χ3v) is 11.5. The van der Waals surface area contributed by atoms with Crippen LogP contribution in [0.4, 0.5) is 0 Å². The van der Waals surface area contributed by atoms with Crippen molar-refractivity contribution in [2.24, 2.45) is 11.8 Å². The highest BCUT2D eigenvalue weighted by atomic mass is 16.6. The molecule has 0 saturated carbocycles. The molecule has 0 spiro atoms. The molecule has 0 amide bonds. The fourth-order valence-corrected chi connectivity index (χ4v) is 7.64. The van der Waals surface area contributed by atoms with E-state index < -0.39 is 6.10 Å². The number of unbranched alkanes of at least 4 members (excludes halogenated alkanes) is 30. The van der Waals surface area contributed by atoms with E-state index in [1.165, 1.54) is 167 Å². The molecule has 338 valence electrons. The molecule has 0 N–H and O–H groups in total. The summed E-state index contributed by atoms with van der Waals surface area (Å²) in [6.45, 7) is 11.3. The maximum Gasteiger partial charge on any atom is 0.306 e. The zero-order valence-corrected chi connectivity index (χ0v) is 39.0. The smallest absolute Gasteiger partial charge is 0.306 e. The molecule has 0 aromatic heterocycles. The summed E-state index contributed by atoms with van der Waals surface area (Å²) in [7, 11) is 0. The van der Waals surface area contributed by atoms with Gasteiger partial charge in [0.25, 0.3) is 0 Å². The number of ether oxygens (including phenoxy) is 3. The van der Waals surface area contributed by atoms with E-state index in [-0.39, 0.29) is 31.1 Å². The molecular weight excluding hydrogens is 709 g/mol. The van der Waals surface area contributed by atoms with Gasteiger partial charge >= 0.3 is 17.9 Å². The Morgan fingerprint density at radius 1 is 0.333 bits per heavy atom. The number of hydrogen-bond acceptors (Lipinski definition) is 6. The van der Waals surface area contributed by atoms with Gasteiger partial charge in [0.2, 0.25) is 0 Å². The van der Waals surface area contributed by atoms with Gasteiger partial charge in [0, 0.05) is 19.3 Å². The molecule has 6 nitrogen and oxygen atoms in total. The molecule has 0 aliphatic heterocycles. The summed E-state index contributed by atoms with van der Waals surface area (Å²) < 4.78 is 16.7. The lowest BCUT2D eigenvalue weighted by Gasteiger charge is -2.18. The minimum atomic E-state index is -0.760. The van der Waals surface area contributed by atoms with E-state index in [0.29, 0.717) is 19.3 Å². The molecule has 0 aliphatic rings. The lowest BCUT2D eigenvalue weighted by Crippen LogP contribution is -2.30. The van der Waals surface area contributed by atoms with Gasteiger partial charge in [-0.15, -0.1) is 0 Å². The normalized spacial score (nSPS) is 12.1. The molecule has 0 rings (SSSR count). The number of rotatable bonds is 45. The summed E-state index contributed by atoms with van der Waals surface area (Å²) in [5, 5.41) is 0. The predicted molar refractivity (Wildman–Crippen MR) is 243 cm³/mol. The molecule has 0 aromatic carbocycles. The van der Waals surface area contributed by atoms with E-state index >= 15 is 0 Å². The molecule has 0 aromatic rings. The van der Waals surface area contributed by atoms with Crippen molar-refractivity contribution in [3.05, 3.63) is 0 Å². The van der Waals surface area contributed by atoms with E-state index in [1.807, 2.05) is 0 Å². The minimum Gasteiger partial charge on any atom is -0.462 e. The molecule has 0 aliphatic carbocycles. The van der Waals surface area contributed by atoms with Crippen LogP contribution in [0, 0.1) is 11.8 Å². The van der Waals surface area contributed by atoms with E-state index in [9.17, 15) is 14.4 Å². The molecule has 0 radical (unpaired) electrons. The Morgan fingerprint density at radius 3 is 0.860 bits per heavy atom. The number of carbonyl (C=O) groups excluding carboxylic acids is 3. The zero-order chi connectivity index (χ0) is 41.9. The summed E-state index contributed by atoms with van der Waals surface area (Å²) >= 11 is 0. The van der Waals surface area contributed by atoms with Gasteiger partial charge in [0.1, 0.15) is 13.2 Å². The van der Waals surface area contributed by atoms with Crippen LogP contribution >= 0.6 is 0 Å². The maximum atomic E-state index is 12.8. The SMILES string of the molecule is CCCCCCCCCCCC(=O)OC[C@@H](COC(=O)CCCCCCCCCCC(C)C)OC(=O)CCCCCCCCCCCCCCCCCCC(C)C. The molecule has 1 atom stereocenters. The Balaban J connectivity index is 4.23. The molecule has 0 unspecified atom stereocenters. The Bertz CT molecular complexity index is 870. The fourth-order valence-electron chi connectivity index (χ4n) is 7.64. The standard InChI is InChI=1S/C51H98O6/c1-6-7-8-9-10-19-26-31-36-41-49(52)55-44-48(45-56-50(53)42-37-32-27-23-22-25-30-35-40-47(4)5)57-51(54)43-38-33-28-21-18-16-14-12-11-13-15-17-20-24-29-34-39-46(2)3/h46-48H,6-45H2,1-5H3/t48-/m0/s1. The van der Waals surface area contributed by atoms with Crippen LogP contribution < -0.4 is 0 Å². The largest absolute Gasteiger partial charge is 0.462 e. The van der Waals surface area contributed by atoms with Crippen molar-refractivity contribution >= 4 is 17.9 Å². The van der Waals surface area contributed by atoms with Crippen molar-refractivity contribution in [1.82, 2.24) is 0 Å². The molecular formula is C51H98O6. The van der Waals surface area contributed by atoms with Crippen molar-refractivity contribution in [2.75, 3.05) is 13.2 Å². The van der Waals surface area contributed by atoms with Gasteiger partial charge in [0.05, 0.1) is 0 Å². The van der Waals surface area contributed by atoms with Gasteiger partial charge in [-0.05, 0) is 31.1 Å². The molecule has 6 heteroatoms. The molecule has 0 heterocycles. The Labute approximate surface area is 355 Å². The highest BCUT2D eigenvalue weighted by Gasteiger charge is 2.19. The predicted octanol–water partition coefficient (Wildman–Crippen LogP) is 16.1. The third kappa shape index (κ3) is 45.3. The van der Waals surface area contributed by atoms with E-state index in [4.69, 9.17) is 14.2 Å². The number of carbonyl (C=O) groups is 3. The summed E-state index contributed by atoms with van der Waals surface area (Å²) in [6.07, 6.45) is 43.8. The number of esters is 3. The Morgan fingerprint density at radius 2 is 0.579 bits per heavy atom. The van der Waals surface area contributed by atoms with Crippen molar-refractivity contribution in [3.63, 3.8) is 0 Å². The average molecular weight is 807 g/mol. The third-order valence-electron chi connectivity index (χ3n) is 11.5. The first-order chi connectivity index (χ1) is 27.7. The lowest BCUT2D eigenvalue weighted by atomic mass is 10.0. The fraction of sp³-hybridized carbons (Fsp3) is 0.941. The molecule has 0 saturated heterocycles. The van der Waals surface area contributed by atoms with Crippen LogP contribution in [0.25, 0.3) is 0 Å². The molecule has 0 fully saturated rings. The van der Waals surface area contributed by atoms with Crippen molar-refractivity contribution in [3.8, 4) is 0 Å². The summed E-state index contributed by atoms with van der Waals surface area (Å²) in [6, 6.07) is 0. The molecule has 0 bridgehead atoms. The van der Waals surface area contributed by atoms with Gasteiger partial charge < -0.3 is 14.2 Å². The quantitative estimate of drug-likeness (QED) is 0.0346. The second kappa shape index (κ2) is 44.0. The van der Waals surface area contributed by atoms with Gasteiger partial charge in [-0.3, -0.25) is 14.4 Å². The van der Waals surface area contributed by atoms with E-state index in [1.54, 1.807) is 0 Å². The van der Waals surface area contributed by atoms with E-state index in [0.717, 1.165) is 69.6 Å². The van der Waals surface area contributed by atoms with Crippen LogP contribution in [-0.2, 0) is 28.6 Å². The summed E-state index contributed by atoms with van der Waals surface area (Å²) in [5.74, 6) is 0.794.